The van der Waals surface area contributed by atoms with Gasteiger partial charge in [-0.3, -0.25) is 19.4 Å². The first-order valence-electron chi connectivity index (χ1n) is 12.1. The van der Waals surface area contributed by atoms with E-state index in [0.717, 1.165) is 42.1 Å². The SMILES string of the molecule is COC(=O)[C@@H]1[C@H]2C[C@H]3c4ccccc4N(c4ccc(OC)cc4)C(=O)CCN3C[C@@H]2CC[C@@H]1O. The molecule has 7 heteroatoms. The summed E-state index contributed by atoms with van der Waals surface area (Å²) in [5.74, 6) is 0.348. The zero-order valence-corrected chi connectivity index (χ0v) is 19.7. The van der Waals surface area contributed by atoms with Gasteiger partial charge in [0.1, 0.15) is 5.75 Å². The molecule has 2 heterocycles. The topological polar surface area (TPSA) is 79.3 Å². The van der Waals surface area contributed by atoms with Crippen molar-refractivity contribution < 1.29 is 24.2 Å². The molecule has 34 heavy (non-hydrogen) atoms. The summed E-state index contributed by atoms with van der Waals surface area (Å²) in [5.41, 5.74) is 2.76. The van der Waals surface area contributed by atoms with Crippen LogP contribution in [0.1, 0.15) is 37.3 Å². The molecule has 7 nitrogen and oxygen atoms in total. The van der Waals surface area contributed by atoms with Gasteiger partial charge < -0.3 is 14.6 Å². The van der Waals surface area contributed by atoms with Gasteiger partial charge in [-0.25, -0.2) is 0 Å². The maximum Gasteiger partial charge on any atom is 0.311 e. The zero-order chi connectivity index (χ0) is 23.8. The van der Waals surface area contributed by atoms with Crippen LogP contribution in [0.2, 0.25) is 0 Å². The van der Waals surface area contributed by atoms with E-state index in [1.165, 1.54) is 7.11 Å². The lowest BCUT2D eigenvalue weighted by Crippen LogP contribution is -2.53. The summed E-state index contributed by atoms with van der Waals surface area (Å²) in [4.78, 5) is 30.3. The normalized spacial score (nSPS) is 29.2. The molecule has 0 spiro atoms. The molecule has 1 aliphatic carbocycles. The molecule has 3 aliphatic rings. The number of hydrogen-bond donors (Lipinski definition) is 1. The molecule has 1 saturated carbocycles. The van der Waals surface area contributed by atoms with E-state index in [1.54, 1.807) is 7.11 Å². The van der Waals surface area contributed by atoms with Gasteiger partial charge in [-0.2, -0.15) is 0 Å². The second-order valence-electron chi connectivity index (χ2n) is 9.60. The summed E-state index contributed by atoms with van der Waals surface area (Å²) in [6.45, 7) is 1.48. The number of methoxy groups -OCH3 is 2. The first-order valence-corrected chi connectivity index (χ1v) is 12.1. The number of ether oxygens (including phenoxy) is 2. The fraction of sp³-hybridized carbons (Fsp3) is 0.481. The maximum atomic E-state index is 13.4. The Kier molecular flexibility index (Phi) is 6.32. The van der Waals surface area contributed by atoms with E-state index in [4.69, 9.17) is 9.47 Å². The lowest BCUT2D eigenvalue weighted by Gasteiger charge is -2.51. The molecule has 0 unspecified atom stereocenters. The standard InChI is InChI=1S/C27H32N2O5/c1-33-19-10-8-18(9-11-19)29-22-6-4-3-5-20(22)23-15-21-17(16-28(23)14-13-25(29)31)7-12-24(30)26(21)27(32)34-2/h3-6,8-11,17,21,23-24,26,30H,7,12-16H2,1-2H3/t17-,21-,23-,24-,26+/m0/s1. The van der Waals surface area contributed by atoms with Gasteiger partial charge in [-0.1, -0.05) is 18.2 Å². The van der Waals surface area contributed by atoms with Crippen molar-refractivity contribution in [2.75, 3.05) is 32.2 Å². The van der Waals surface area contributed by atoms with E-state index < -0.39 is 12.0 Å². The largest absolute Gasteiger partial charge is 0.497 e. The molecule has 5 rings (SSSR count). The average molecular weight is 465 g/mol. The number of piperidine rings is 1. The van der Waals surface area contributed by atoms with Crippen LogP contribution >= 0.6 is 0 Å². The molecular weight excluding hydrogens is 432 g/mol. The third-order valence-corrected chi connectivity index (χ3v) is 7.92. The molecule has 2 fully saturated rings. The van der Waals surface area contributed by atoms with Gasteiger partial charge in [0.2, 0.25) is 5.91 Å². The number of rotatable bonds is 3. The Morgan fingerprint density at radius 3 is 2.56 bits per heavy atom. The second kappa shape index (κ2) is 9.39. The zero-order valence-electron chi connectivity index (χ0n) is 19.7. The van der Waals surface area contributed by atoms with E-state index in [1.807, 2.05) is 47.4 Å². The molecule has 0 bridgehead atoms. The summed E-state index contributed by atoms with van der Waals surface area (Å²) in [6, 6.07) is 15.7. The van der Waals surface area contributed by atoms with Gasteiger partial charge in [0, 0.05) is 31.2 Å². The molecule has 1 saturated heterocycles. The van der Waals surface area contributed by atoms with Crippen LogP contribution in [0.4, 0.5) is 11.4 Å². The van der Waals surface area contributed by atoms with Crippen molar-refractivity contribution in [3.05, 3.63) is 54.1 Å². The smallest absolute Gasteiger partial charge is 0.311 e. The Balaban J connectivity index is 1.54. The van der Waals surface area contributed by atoms with Crippen molar-refractivity contribution in [3.8, 4) is 5.75 Å². The summed E-state index contributed by atoms with van der Waals surface area (Å²) in [5, 5.41) is 10.7. The van der Waals surface area contributed by atoms with Crippen molar-refractivity contribution >= 4 is 23.3 Å². The van der Waals surface area contributed by atoms with E-state index in [9.17, 15) is 14.7 Å². The van der Waals surface area contributed by atoms with Gasteiger partial charge in [-0.05, 0) is 67.0 Å². The molecule has 2 aliphatic heterocycles. The number of carbonyl (C=O) groups excluding carboxylic acids is 2. The molecule has 5 atom stereocenters. The van der Waals surface area contributed by atoms with Gasteiger partial charge >= 0.3 is 5.97 Å². The predicted molar refractivity (Wildman–Crippen MR) is 128 cm³/mol. The van der Waals surface area contributed by atoms with Gasteiger partial charge in [0.25, 0.3) is 0 Å². The van der Waals surface area contributed by atoms with Crippen LogP contribution in [-0.4, -0.2) is 55.3 Å². The van der Waals surface area contributed by atoms with Crippen molar-refractivity contribution in [1.82, 2.24) is 4.90 Å². The van der Waals surface area contributed by atoms with Crippen LogP contribution in [0.3, 0.4) is 0 Å². The van der Waals surface area contributed by atoms with E-state index in [2.05, 4.69) is 11.0 Å². The number of benzene rings is 2. The third kappa shape index (κ3) is 3.97. The molecule has 1 amide bonds. The number of aliphatic hydroxyl groups excluding tert-OH is 1. The van der Waals surface area contributed by atoms with Crippen LogP contribution in [0.15, 0.2) is 48.5 Å². The third-order valence-electron chi connectivity index (χ3n) is 7.92. The lowest BCUT2D eigenvalue weighted by atomic mass is 9.65. The maximum absolute atomic E-state index is 13.4. The number of para-hydroxylation sites is 1. The van der Waals surface area contributed by atoms with Crippen LogP contribution in [0.5, 0.6) is 5.75 Å². The van der Waals surface area contributed by atoms with Gasteiger partial charge in [0.05, 0.1) is 31.9 Å². The number of amides is 1. The highest BCUT2D eigenvalue weighted by atomic mass is 16.5. The quantitative estimate of drug-likeness (QED) is 0.698. The number of anilines is 2. The Labute approximate surface area is 200 Å². The molecular formula is C27H32N2O5. The fourth-order valence-corrected chi connectivity index (χ4v) is 6.27. The Bertz CT molecular complexity index is 1060. The number of aliphatic hydroxyl groups is 1. The average Bonchev–Trinajstić information content (AvgIpc) is 2.86. The van der Waals surface area contributed by atoms with Crippen molar-refractivity contribution in [2.45, 2.75) is 37.8 Å². The summed E-state index contributed by atoms with van der Waals surface area (Å²) < 4.78 is 10.4. The lowest BCUT2D eigenvalue weighted by molar-refractivity contribution is -0.160. The highest BCUT2D eigenvalue weighted by Crippen LogP contribution is 2.49. The van der Waals surface area contributed by atoms with Crippen LogP contribution in [0.25, 0.3) is 0 Å². The molecule has 180 valence electrons. The molecule has 2 aromatic carbocycles. The molecule has 0 aromatic heterocycles. The van der Waals surface area contributed by atoms with Crippen molar-refractivity contribution in [3.63, 3.8) is 0 Å². The minimum Gasteiger partial charge on any atom is -0.497 e. The minimum atomic E-state index is -0.665. The second-order valence-corrected chi connectivity index (χ2v) is 9.60. The van der Waals surface area contributed by atoms with Crippen LogP contribution in [0, 0.1) is 17.8 Å². The summed E-state index contributed by atoms with van der Waals surface area (Å²) >= 11 is 0. The molecule has 0 radical (unpaired) electrons. The first kappa shape index (κ1) is 22.9. The Morgan fingerprint density at radius 1 is 1.06 bits per heavy atom. The predicted octanol–water partition coefficient (Wildman–Crippen LogP) is 3.69. The first-order chi connectivity index (χ1) is 16.5. The number of hydrogen-bond acceptors (Lipinski definition) is 6. The number of nitrogens with zero attached hydrogens (tertiary/aromatic N) is 2. The van der Waals surface area contributed by atoms with Crippen LogP contribution < -0.4 is 9.64 Å². The highest BCUT2D eigenvalue weighted by molar-refractivity contribution is 6.01. The highest BCUT2D eigenvalue weighted by Gasteiger charge is 2.49. The minimum absolute atomic E-state index is 0.0510. The summed E-state index contributed by atoms with van der Waals surface area (Å²) in [6.07, 6.45) is 2.00. The van der Waals surface area contributed by atoms with Crippen LogP contribution in [-0.2, 0) is 14.3 Å². The Hall–Kier alpha value is -2.90. The van der Waals surface area contributed by atoms with E-state index in [-0.39, 0.29) is 23.8 Å². The van der Waals surface area contributed by atoms with Gasteiger partial charge in [0.15, 0.2) is 0 Å². The molecule has 1 N–H and O–H groups in total. The van der Waals surface area contributed by atoms with Gasteiger partial charge in [-0.15, -0.1) is 0 Å². The number of esters is 1. The number of carbonyl (C=O) groups is 2. The monoisotopic (exact) mass is 464 g/mol. The Morgan fingerprint density at radius 2 is 1.82 bits per heavy atom. The summed E-state index contributed by atoms with van der Waals surface area (Å²) in [7, 11) is 3.03. The fourth-order valence-electron chi connectivity index (χ4n) is 6.27. The number of fused-ring (bicyclic) bond motifs is 4. The van der Waals surface area contributed by atoms with E-state index >= 15 is 0 Å². The van der Waals surface area contributed by atoms with Crippen molar-refractivity contribution in [1.29, 1.82) is 0 Å². The molecule has 2 aromatic rings. The van der Waals surface area contributed by atoms with E-state index in [0.29, 0.717) is 25.3 Å². The van der Waals surface area contributed by atoms with Crippen molar-refractivity contribution in [2.24, 2.45) is 17.8 Å².